The number of alkyl halides is 1. The fourth-order valence-corrected chi connectivity index (χ4v) is 3.63. The summed E-state index contributed by atoms with van der Waals surface area (Å²) >= 11 is 8.17. The number of hydrogen-bond acceptors (Lipinski definition) is 3. The molecule has 0 saturated heterocycles. The van der Waals surface area contributed by atoms with E-state index in [0.29, 0.717) is 6.54 Å². The minimum absolute atomic E-state index is 0.0856. The third kappa shape index (κ3) is 2.59. The Labute approximate surface area is 132 Å². The van der Waals surface area contributed by atoms with Crippen molar-refractivity contribution in [2.45, 2.75) is 11.9 Å². The van der Waals surface area contributed by atoms with E-state index >= 15 is 0 Å². The lowest BCUT2D eigenvalue weighted by Crippen LogP contribution is -2.35. The van der Waals surface area contributed by atoms with Gasteiger partial charge in [0.2, 0.25) is 0 Å². The highest BCUT2D eigenvalue weighted by Gasteiger charge is 2.22. The number of ether oxygens (including phenoxy) is 1. The van der Waals surface area contributed by atoms with E-state index < -0.39 is 0 Å². The molecule has 0 fully saturated rings. The Morgan fingerprint density at radius 2 is 2.24 bits per heavy atom. The van der Waals surface area contributed by atoms with Crippen LogP contribution in [0.2, 0.25) is 0 Å². The second-order valence-corrected chi connectivity index (χ2v) is 6.30. The van der Waals surface area contributed by atoms with Crippen LogP contribution in [0.25, 0.3) is 0 Å². The van der Waals surface area contributed by atoms with Gasteiger partial charge in [-0.25, -0.2) is 4.79 Å². The molecule has 2 amide bonds. The van der Waals surface area contributed by atoms with Crippen LogP contribution >= 0.6 is 22.9 Å². The maximum atomic E-state index is 11.6. The zero-order valence-corrected chi connectivity index (χ0v) is 13.3. The molecule has 21 heavy (non-hydrogen) atoms. The minimum Gasteiger partial charge on any atom is -0.496 e. The van der Waals surface area contributed by atoms with Crippen molar-refractivity contribution in [2.75, 3.05) is 19.5 Å². The van der Waals surface area contributed by atoms with Gasteiger partial charge in [-0.2, -0.15) is 0 Å². The van der Waals surface area contributed by atoms with E-state index in [9.17, 15) is 4.79 Å². The summed E-state index contributed by atoms with van der Waals surface area (Å²) in [5.74, 6) is 0.808. The standard InChI is InChI=1S/C15H15ClN2O2S/c1-18-8-10-7-9(3-4-11(10)17-15(18)19)13(16)14-12(20-2)5-6-21-14/h3-7,13H,8H2,1-2H3,(H,17,19). The molecule has 4 nitrogen and oxygen atoms in total. The van der Waals surface area contributed by atoms with Gasteiger partial charge in [0.1, 0.15) is 5.75 Å². The summed E-state index contributed by atoms with van der Waals surface area (Å²) in [4.78, 5) is 14.3. The molecule has 1 aliphatic rings. The van der Waals surface area contributed by atoms with Gasteiger partial charge in [0, 0.05) is 19.3 Å². The molecule has 1 unspecified atom stereocenters. The Balaban J connectivity index is 1.94. The van der Waals surface area contributed by atoms with Crippen LogP contribution in [0.3, 0.4) is 0 Å². The van der Waals surface area contributed by atoms with E-state index in [1.165, 1.54) is 0 Å². The Bertz CT molecular complexity index is 686. The van der Waals surface area contributed by atoms with Crippen molar-refractivity contribution in [3.8, 4) is 5.75 Å². The molecule has 0 radical (unpaired) electrons. The first-order valence-corrected chi connectivity index (χ1v) is 7.82. The average Bonchev–Trinajstić information content (AvgIpc) is 2.95. The minimum atomic E-state index is -0.256. The predicted octanol–water partition coefficient (Wildman–Crippen LogP) is 4.06. The van der Waals surface area contributed by atoms with Crippen molar-refractivity contribution in [2.24, 2.45) is 0 Å². The zero-order chi connectivity index (χ0) is 15.0. The Hall–Kier alpha value is -1.72. The first-order valence-electron chi connectivity index (χ1n) is 6.50. The molecule has 1 aliphatic heterocycles. The van der Waals surface area contributed by atoms with Crippen molar-refractivity contribution in [3.63, 3.8) is 0 Å². The summed E-state index contributed by atoms with van der Waals surface area (Å²) < 4.78 is 5.33. The van der Waals surface area contributed by atoms with Crippen molar-refractivity contribution >= 4 is 34.7 Å². The van der Waals surface area contributed by atoms with Crippen molar-refractivity contribution in [1.29, 1.82) is 0 Å². The van der Waals surface area contributed by atoms with Crippen LogP contribution in [0, 0.1) is 0 Å². The molecular weight excluding hydrogens is 308 g/mol. The van der Waals surface area contributed by atoms with Gasteiger partial charge in [-0.05, 0) is 28.6 Å². The summed E-state index contributed by atoms with van der Waals surface area (Å²) in [5, 5.41) is 4.57. The number of anilines is 1. The van der Waals surface area contributed by atoms with Gasteiger partial charge in [-0.1, -0.05) is 12.1 Å². The lowest BCUT2D eigenvalue weighted by molar-refractivity contribution is 0.218. The average molecular weight is 323 g/mol. The highest BCUT2D eigenvalue weighted by Crippen LogP contribution is 2.40. The predicted molar refractivity (Wildman–Crippen MR) is 85.5 cm³/mol. The first-order chi connectivity index (χ1) is 10.1. The van der Waals surface area contributed by atoms with Gasteiger partial charge < -0.3 is 15.0 Å². The Morgan fingerprint density at radius 1 is 1.43 bits per heavy atom. The number of carbonyl (C=O) groups excluding carboxylic acids is 1. The molecule has 0 spiro atoms. The van der Waals surface area contributed by atoms with Gasteiger partial charge in [-0.3, -0.25) is 0 Å². The van der Waals surface area contributed by atoms with Gasteiger partial charge in [0.15, 0.2) is 0 Å². The van der Waals surface area contributed by atoms with E-state index in [0.717, 1.165) is 27.4 Å². The maximum absolute atomic E-state index is 11.6. The molecule has 1 atom stereocenters. The summed E-state index contributed by atoms with van der Waals surface area (Å²) in [7, 11) is 3.41. The number of thiophene rings is 1. The molecule has 6 heteroatoms. The van der Waals surface area contributed by atoms with Crippen molar-refractivity contribution in [3.05, 3.63) is 45.6 Å². The fraction of sp³-hybridized carbons (Fsp3) is 0.267. The fourth-order valence-electron chi connectivity index (χ4n) is 2.38. The molecule has 0 bridgehead atoms. The third-order valence-corrected chi connectivity index (χ3v) is 5.09. The molecule has 110 valence electrons. The van der Waals surface area contributed by atoms with E-state index in [4.69, 9.17) is 16.3 Å². The number of fused-ring (bicyclic) bond motifs is 1. The number of benzene rings is 1. The van der Waals surface area contributed by atoms with Crippen LogP contribution in [0.15, 0.2) is 29.6 Å². The number of carbonyl (C=O) groups is 1. The van der Waals surface area contributed by atoms with Crippen LogP contribution in [0.4, 0.5) is 10.5 Å². The molecule has 3 rings (SSSR count). The molecule has 2 heterocycles. The number of nitrogens with one attached hydrogen (secondary N) is 1. The van der Waals surface area contributed by atoms with E-state index in [1.54, 1.807) is 30.4 Å². The topological polar surface area (TPSA) is 41.6 Å². The molecule has 0 saturated carbocycles. The SMILES string of the molecule is COc1ccsc1C(Cl)c1ccc2c(c1)CN(C)C(=O)N2. The quantitative estimate of drug-likeness (QED) is 0.866. The third-order valence-electron chi connectivity index (χ3n) is 3.53. The molecule has 2 aromatic rings. The number of amides is 2. The summed E-state index contributed by atoms with van der Waals surface area (Å²) in [6.45, 7) is 0.584. The van der Waals surface area contributed by atoms with Crippen LogP contribution in [-0.2, 0) is 6.54 Å². The number of urea groups is 1. The summed E-state index contributed by atoms with van der Waals surface area (Å²) in [5.41, 5.74) is 2.92. The second kappa shape index (κ2) is 5.58. The van der Waals surface area contributed by atoms with Gasteiger partial charge >= 0.3 is 6.03 Å². The van der Waals surface area contributed by atoms with Crippen LogP contribution < -0.4 is 10.1 Å². The van der Waals surface area contributed by atoms with Crippen LogP contribution in [0.1, 0.15) is 21.4 Å². The lowest BCUT2D eigenvalue weighted by atomic mass is 10.0. The highest BCUT2D eigenvalue weighted by molar-refractivity contribution is 7.10. The first kappa shape index (κ1) is 14.2. The number of methoxy groups -OCH3 is 1. The summed E-state index contributed by atoms with van der Waals surface area (Å²) in [6.07, 6.45) is 0. The van der Waals surface area contributed by atoms with E-state index in [-0.39, 0.29) is 11.4 Å². The Kier molecular flexibility index (Phi) is 3.78. The van der Waals surface area contributed by atoms with Crippen LogP contribution in [0.5, 0.6) is 5.75 Å². The van der Waals surface area contributed by atoms with Crippen LogP contribution in [-0.4, -0.2) is 25.1 Å². The van der Waals surface area contributed by atoms with Crippen molar-refractivity contribution in [1.82, 2.24) is 4.90 Å². The monoisotopic (exact) mass is 322 g/mol. The molecule has 1 aromatic carbocycles. The number of halogens is 1. The molecule has 0 aliphatic carbocycles. The number of rotatable bonds is 3. The summed E-state index contributed by atoms with van der Waals surface area (Å²) in [6, 6.07) is 7.73. The number of nitrogens with zero attached hydrogens (tertiary/aromatic N) is 1. The normalized spacial score (nSPS) is 15.4. The van der Waals surface area contributed by atoms with Crippen molar-refractivity contribution < 1.29 is 9.53 Å². The van der Waals surface area contributed by atoms with E-state index in [1.807, 2.05) is 29.6 Å². The molecule has 1 N–H and O–H groups in total. The highest BCUT2D eigenvalue weighted by atomic mass is 35.5. The van der Waals surface area contributed by atoms with Gasteiger partial charge in [0.25, 0.3) is 0 Å². The maximum Gasteiger partial charge on any atom is 0.321 e. The largest absolute Gasteiger partial charge is 0.496 e. The molecular formula is C15H15ClN2O2S. The molecule has 1 aromatic heterocycles. The zero-order valence-electron chi connectivity index (χ0n) is 11.7. The number of hydrogen-bond donors (Lipinski definition) is 1. The smallest absolute Gasteiger partial charge is 0.321 e. The Morgan fingerprint density at radius 3 is 3.00 bits per heavy atom. The second-order valence-electron chi connectivity index (χ2n) is 4.92. The van der Waals surface area contributed by atoms with E-state index in [2.05, 4.69) is 5.32 Å². The van der Waals surface area contributed by atoms with Gasteiger partial charge in [0.05, 0.1) is 17.4 Å². The van der Waals surface area contributed by atoms with Gasteiger partial charge in [-0.15, -0.1) is 22.9 Å². The lowest BCUT2D eigenvalue weighted by Gasteiger charge is -2.26.